The number of rotatable bonds is 5. The van der Waals surface area contributed by atoms with Gasteiger partial charge in [0.25, 0.3) is 5.56 Å². The predicted molar refractivity (Wildman–Crippen MR) is 103 cm³/mol. The van der Waals surface area contributed by atoms with E-state index in [4.69, 9.17) is 9.15 Å². The van der Waals surface area contributed by atoms with Crippen LogP contribution in [0.15, 0.2) is 39.5 Å². The summed E-state index contributed by atoms with van der Waals surface area (Å²) in [5.74, 6) is -0.423. The number of aryl methyl sites for hydroxylation is 1. The van der Waals surface area contributed by atoms with Crippen LogP contribution in [0, 0.1) is 6.92 Å². The second kappa shape index (κ2) is 7.09. The van der Waals surface area contributed by atoms with Crippen LogP contribution in [0.1, 0.15) is 27.9 Å². The fourth-order valence-corrected chi connectivity index (χ4v) is 4.57. The van der Waals surface area contributed by atoms with Crippen molar-refractivity contribution in [2.75, 3.05) is 6.61 Å². The van der Waals surface area contributed by atoms with E-state index >= 15 is 0 Å². The van der Waals surface area contributed by atoms with Crippen LogP contribution in [0.4, 0.5) is 0 Å². The Morgan fingerprint density at radius 2 is 2.26 bits per heavy atom. The summed E-state index contributed by atoms with van der Waals surface area (Å²) in [6.45, 7) is 4.09. The molecule has 7 nitrogen and oxygen atoms in total. The van der Waals surface area contributed by atoms with E-state index < -0.39 is 5.97 Å². The van der Waals surface area contributed by atoms with Crippen LogP contribution in [0.5, 0.6) is 0 Å². The number of furan rings is 1. The van der Waals surface area contributed by atoms with Gasteiger partial charge in [-0.2, -0.15) is 0 Å². The summed E-state index contributed by atoms with van der Waals surface area (Å²) in [5.41, 5.74) is 2.08. The van der Waals surface area contributed by atoms with Crippen molar-refractivity contribution in [2.24, 2.45) is 0 Å². The molecule has 9 heteroatoms. The van der Waals surface area contributed by atoms with E-state index in [0.717, 1.165) is 16.3 Å². The third kappa shape index (κ3) is 3.19. The highest BCUT2D eigenvalue weighted by atomic mass is 32.1. The van der Waals surface area contributed by atoms with Gasteiger partial charge in [-0.25, -0.2) is 14.8 Å². The molecule has 0 amide bonds. The molecule has 0 radical (unpaired) electrons. The Morgan fingerprint density at radius 1 is 1.41 bits per heavy atom. The third-order valence-corrected chi connectivity index (χ3v) is 6.15. The van der Waals surface area contributed by atoms with Crippen molar-refractivity contribution in [3.05, 3.63) is 56.8 Å². The van der Waals surface area contributed by atoms with Gasteiger partial charge >= 0.3 is 5.97 Å². The Balaban J connectivity index is 1.69. The quantitative estimate of drug-likeness (QED) is 0.474. The van der Waals surface area contributed by atoms with Crippen molar-refractivity contribution < 1.29 is 13.9 Å². The summed E-state index contributed by atoms with van der Waals surface area (Å²) < 4.78 is 11.6. The highest BCUT2D eigenvalue weighted by Gasteiger charge is 2.20. The molecule has 0 aliphatic heterocycles. The molecule has 4 heterocycles. The van der Waals surface area contributed by atoms with Gasteiger partial charge in [-0.1, -0.05) is 0 Å². The number of carbonyl (C=O) groups is 1. The highest BCUT2D eigenvalue weighted by Crippen LogP contribution is 2.28. The number of hydrogen-bond acceptors (Lipinski definition) is 8. The Morgan fingerprint density at radius 3 is 3.00 bits per heavy atom. The first-order chi connectivity index (χ1) is 13.1. The first-order valence-electron chi connectivity index (χ1n) is 8.21. The standard InChI is InChI=1S/C18H15N3O4S2/c1-3-25-18(23)14-10(2)13-16(27-14)19-9-21(17(13)22)6-12-8-26-15(20-12)11-4-5-24-7-11/h4-5,7-9H,3,6H2,1-2H3. The predicted octanol–water partition coefficient (Wildman–Crippen LogP) is 3.71. The average Bonchev–Trinajstić information content (AvgIpc) is 3.38. The van der Waals surface area contributed by atoms with E-state index in [0.29, 0.717) is 27.2 Å². The molecule has 27 heavy (non-hydrogen) atoms. The maximum atomic E-state index is 12.9. The number of carbonyl (C=O) groups excluding carboxylic acids is 1. The lowest BCUT2D eigenvalue weighted by molar-refractivity contribution is 0.0531. The number of fused-ring (bicyclic) bond motifs is 1. The third-order valence-electron chi connectivity index (χ3n) is 4.03. The number of aromatic nitrogens is 3. The van der Waals surface area contributed by atoms with Crippen LogP contribution in [0.2, 0.25) is 0 Å². The molecule has 4 aromatic heterocycles. The van der Waals surface area contributed by atoms with Crippen molar-refractivity contribution in [1.82, 2.24) is 14.5 Å². The van der Waals surface area contributed by atoms with Crippen LogP contribution in [0.3, 0.4) is 0 Å². The van der Waals surface area contributed by atoms with Crippen molar-refractivity contribution in [3.63, 3.8) is 0 Å². The van der Waals surface area contributed by atoms with E-state index in [1.807, 2.05) is 11.4 Å². The molecule has 4 aromatic rings. The Labute approximate surface area is 161 Å². The second-order valence-corrected chi connectivity index (χ2v) is 7.65. The summed E-state index contributed by atoms with van der Waals surface area (Å²) in [5, 5.41) is 3.19. The van der Waals surface area contributed by atoms with Gasteiger partial charge in [-0.15, -0.1) is 22.7 Å². The van der Waals surface area contributed by atoms with Gasteiger partial charge in [0.1, 0.15) is 21.0 Å². The van der Waals surface area contributed by atoms with E-state index in [1.165, 1.54) is 33.6 Å². The van der Waals surface area contributed by atoms with Gasteiger partial charge < -0.3 is 9.15 Å². The molecule has 0 atom stereocenters. The molecule has 0 spiro atoms. The molecule has 0 N–H and O–H groups in total. The minimum absolute atomic E-state index is 0.192. The highest BCUT2D eigenvalue weighted by molar-refractivity contribution is 7.20. The fourth-order valence-electron chi connectivity index (χ4n) is 2.74. The topological polar surface area (TPSA) is 87.2 Å². The van der Waals surface area contributed by atoms with Gasteiger partial charge in [-0.05, 0) is 25.5 Å². The van der Waals surface area contributed by atoms with Gasteiger partial charge in [0.2, 0.25) is 0 Å². The van der Waals surface area contributed by atoms with Gasteiger partial charge in [-0.3, -0.25) is 9.36 Å². The van der Waals surface area contributed by atoms with Crippen LogP contribution in [-0.2, 0) is 11.3 Å². The summed E-state index contributed by atoms with van der Waals surface area (Å²) in [7, 11) is 0. The second-order valence-electron chi connectivity index (χ2n) is 5.79. The number of nitrogens with zero attached hydrogens (tertiary/aromatic N) is 3. The van der Waals surface area contributed by atoms with Crippen LogP contribution in [0.25, 0.3) is 20.8 Å². The lowest BCUT2D eigenvalue weighted by Crippen LogP contribution is -2.21. The van der Waals surface area contributed by atoms with Crippen LogP contribution < -0.4 is 5.56 Å². The van der Waals surface area contributed by atoms with Crippen molar-refractivity contribution in [2.45, 2.75) is 20.4 Å². The van der Waals surface area contributed by atoms with Crippen molar-refractivity contribution >= 4 is 38.9 Å². The minimum atomic E-state index is -0.423. The first kappa shape index (κ1) is 17.6. The molecule has 0 aromatic carbocycles. The largest absolute Gasteiger partial charge is 0.472 e. The van der Waals surface area contributed by atoms with Crippen LogP contribution in [-0.4, -0.2) is 27.1 Å². The molecule has 0 fully saturated rings. The number of ether oxygens (including phenoxy) is 1. The number of thiazole rings is 1. The molecule has 0 saturated heterocycles. The normalized spacial score (nSPS) is 11.2. The lowest BCUT2D eigenvalue weighted by Gasteiger charge is -2.03. The Kier molecular flexibility index (Phi) is 4.63. The molecule has 0 aliphatic rings. The molecular formula is C18H15N3O4S2. The maximum Gasteiger partial charge on any atom is 0.348 e. The Bertz CT molecular complexity index is 1170. The molecule has 0 unspecified atom stereocenters. The van der Waals surface area contributed by atoms with Gasteiger partial charge in [0.15, 0.2) is 0 Å². The maximum absolute atomic E-state index is 12.9. The molecule has 0 aliphatic carbocycles. The van der Waals surface area contributed by atoms with Crippen molar-refractivity contribution in [1.29, 1.82) is 0 Å². The zero-order valence-electron chi connectivity index (χ0n) is 14.6. The summed E-state index contributed by atoms with van der Waals surface area (Å²) in [6.07, 6.45) is 4.72. The van der Waals surface area contributed by atoms with E-state index in [1.54, 1.807) is 26.4 Å². The zero-order chi connectivity index (χ0) is 19.0. The summed E-state index contributed by atoms with van der Waals surface area (Å²) in [6, 6.07) is 1.84. The number of hydrogen-bond donors (Lipinski definition) is 0. The monoisotopic (exact) mass is 401 g/mol. The molecule has 0 bridgehead atoms. The van der Waals surface area contributed by atoms with E-state index in [-0.39, 0.29) is 12.2 Å². The molecule has 138 valence electrons. The first-order valence-corrected chi connectivity index (χ1v) is 9.90. The van der Waals surface area contributed by atoms with Gasteiger partial charge in [0, 0.05) is 10.9 Å². The van der Waals surface area contributed by atoms with E-state index in [9.17, 15) is 9.59 Å². The Hall–Kier alpha value is -2.78. The van der Waals surface area contributed by atoms with Crippen LogP contribution >= 0.6 is 22.7 Å². The van der Waals surface area contributed by atoms with Crippen molar-refractivity contribution in [3.8, 4) is 10.6 Å². The molecule has 4 rings (SSSR count). The minimum Gasteiger partial charge on any atom is -0.472 e. The van der Waals surface area contributed by atoms with Gasteiger partial charge in [0.05, 0.1) is 36.8 Å². The van der Waals surface area contributed by atoms with E-state index in [2.05, 4.69) is 9.97 Å². The lowest BCUT2D eigenvalue weighted by atomic mass is 10.2. The summed E-state index contributed by atoms with van der Waals surface area (Å²) >= 11 is 2.67. The molecular weight excluding hydrogens is 386 g/mol. The smallest absolute Gasteiger partial charge is 0.348 e. The fraction of sp³-hybridized carbons (Fsp3) is 0.222. The average molecular weight is 401 g/mol. The SMILES string of the molecule is CCOC(=O)c1sc2ncn(Cc3csc(-c4ccoc4)n3)c(=O)c2c1C. The number of thiophene rings is 1. The zero-order valence-corrected chi connectivity index (χ0v) is 16.2. The molecule has 0 saturated carbocycles. The summed E-state index contributed by atoms with van der Waals surface area (Å²) in [4.78, 5) is 34.9. The number of esters is 1.